The van der Waals surface area contributed by atoms with Crippen LogP contribution in [0.1, 0.15) is 0 Å². The number of para-hydroxylation sites is 3. The van der Waals surface area contributed by atoms with Crippen LogP contribution in [-0.4, -0.2) is 24.1 Å². The number of pyridine rings is 2. The van der Waals surface area contributed by atoms with Crippen molar-refractivity contribution in [2.24, 2.45) is 0 Å². The Hall–Kier alpha value is -7.11. The maximum Gasteiger partial charge on any atom is 0.165 e. The van der Waals surface area contributed by atoms with E-state index in [1.807, 2.05) is 30.7 Å². The second-order valence-electron chi connectivity index (χ2n) is 12.9. The molecule has 0 saturated carbocycles. The second kappa shape index (κ2) is 12.3. The van der Waals surface area contributed by atoms with E-state index in [1.165, 1.54) is 10.8 Å². The smallest absolute Gasteiger partial charge is 0.165 e. The Kier molecular flexibility index (Phi) is 7.07. The van der Waals surface area contributed by atoms with Gasteiger partial charge < -0.3 is 4.57 Å². The number of aromatic nitrogens is 5. The first-order valence-corrected chi connectivity index (χ1v) is 17.4. The number of imidazole rings is 1. The zero-order chi connectivity index (χ0) is 34.4. The first-order chi connectivity index (χ1) is 25.8. The summed E-state index contributed by atoms with van der Waals surface area (Å²) in [5.41, 5.74) is 13.5. The van der Waals surface area contributed by atoms with E-state index in [0.29, 0.717) is 0 Å². The van der Waals surface area contributed by atoms with Crippen molar-refractivity contribution in [3.8, 4) is 56.1 Å². The molecule has 4 heterocycles. The molecule has 244 valence electrons. The SMILES string of the molecule is c1ccc(-c2ccccc2-c2ccnc3c2nc(-c2cc(-c4cccnc4)cc(-n4c5ccccc5c5ccccc54)c2)n3-c2ccccc2)cc1. The zero-order valence-corrected chi connectivity index (χ0v) is 28.1. The lowest BCUT2D eigenvalue weighted by Crippen LogP contribution is -2.01. The molecule has 0 unspecified atom stereocenters. The van der Waals surface area contributed by atoms with Gasteiger partial charge in [0.1, 0.15) is 11.3 Å². The summed E-state index contributed by atoms with van der Waals surface area (Å²) in [6.07, 6.45) is 5.64. The molecule has 10 aromatic rings. The van der Waals surface area contributed by atoms with Crippen molar-refractivity contribution in [2.45, 2.75) is 0 Å². The summed E-state index contributed by atoms with van der Waals surface area (Å²) >= 11 is 0. The van der Waals surface area contributed by atoms with Gasteiger partial charge in [-0.25, -0.2) is 9.97 Å². The summed E-state index contributed by atoms with van der Waals surface area (Å²) in [7, 11) is 0. The van der Waals surface area contributed by atoms with Crippen molar-refractivity contribution >= 4 is 33.0 Å². The minimum Gasteiger partial charge on any atom is -0.309 e. The predicted molar refractivity (Wildman–Crippen MR) is 213 cm³/mol. The molecule has 0 N–H and O–H groups in total. The van der Waals surface area contributed by atoms with Crippen molar-refractivity contribution in [2.75, 3.05) is 0 Å². The van der Waals surface area contributed by atoms with Crippen LogP contribution in [0.5, 0.6) is 0 Å². The van der Waals surface area contributed by atoms with E-state index in [1.54, 1.807) is 0 Å². The highest BCUT2D eigenvalue weighted by Crippen LogP contribution is 2.40. The zero-order valence-electron chi connectivity index (χ0n) is 28.1. The van der Waals surface area contributed by atoms with Crippen molar-refractivity contribution in [1.82, 2.24) is 24.1 Å². The Morgan fingerprint density at radius 3 is 1.77 bits per heavy atom. The molecular weight excluding hydrogens is 635 g/mol. The van der Waals surface area contributed by atoms with Gasteiger partial charge >= 0.3 is 0 Å². The number of rotatable bonds is 6. The number of hydrogen-bond donors (Lipinski definition) is 0. The molecule has 5 nitrogen and oxygen atoms in total. The van der Waals surface area contributed by atoms with E-state index in [-0.39, 0.29) is 0 Å². The van der Waals surface area contributed by atoms with Gasteiger partial charge in [0.15, 0.2) is 5.65 Å². The van der Waals surface area contributed by atoms with Crippen LogP contribution >= 0.6 is 0 Å². The third kappa shape index (κ3) is 4.90. The van der Waals surface area contributed by atoms with Crippen molar-refractivity contribution in [3.63, 3.8) is 0 Å². The predicted octanol–water partition coefficient (Wildman–Crippen LogP) is 11.6. The molecule has 5 heteroatoms. The molecule has 0 spiro atoms. The summed E-state index contributed by atoms with van der Waals surface area (Å²) in [5.74, 6) is 0.811. The highest BCUT2D eigenvalue weighted by molar-refractivity contribution is 6.09. The first kappa shape index (κ1) is 29.8. The normalized spacial score (nSPS) is 11.5. The fourth-order valence-corrected chi connectivity index (χ4v) is 7.56. The molecule has 0 radical (unpaired) electrons. The standard InChI is InChI=1S/C47H31N5/c1-3-14-32(15-4-1)38-19-7-8-20-39(38)42-25-27-49-47-45(42)50-46(52(47)36-17-5-2-6-18-36)35-28-34(33-16-13-26-48-31-33)29-37(30-35)51-43-23-11-9-21-40(43)41-22-10-12-24-44(41)51/h1-31H. The van der Waals surface area contributed by atoms with Gasteiger partial charge in [-0.3, -0.25) is 9.55 Å². The molecule has 0 amide bonds. The van der Waals surface area contributed by atoms with Crippen LogP contribution in [0.15, 0.2) is 188 Å². The molecule has 0 bridgehead atoms. The molecule has 4 aromatic heterocycles. The van der Waals surface area contributed by atoms with Crippen molar-refractivity contribution in [3.05, 3.63) is 188 Å². The largest absolute Gasteiger partial charge is 0.309 e. The average Bonchev–Trinajstić information content (AvgIpc) is 3.78. The van der Waals surface area contributed by atoms with Gasteiger partial charge in [-0.05, 0) is 76.9 Å². The molecule has 52 heavy (non-hydrogen) atoms. The van der Waals surface area contributed by atoms with Crippen LogP contribution in [0.4, 0.5) is 0 Å². The molecular formula is C47H31N5. The lowest BCUT2D eigenvalue weighted by atomic mass is 9.95. The van der Waals surface area contributed by atoms with E-state index >= 15 is 0 Å². The van der Waals surface area contributed by atoms with E-state index in [9.17, 15) is 0 Å². The number of nitrogens with zero attached hydrogens (tertiary/aromatic N) is 5. The summed E-state index contributed by atoms with van der Waals surface area (Å²) in [5, 5.41) is 2.43. The minimum atomic E-state index is 0.798. The van der Waals surface area contributed by atoms with Crippen LogP contribution < -0.4 is 0 Å². The molecule has 0 aliphatic carbocycles. The summed E-state index contributed by atoms with van der Waals surface area (Å²) < 4.78 is 4.56. The Bertz CT molecular complexity index is 2840. The quantitative estimate of drug-likeness (QED) is 0.178. The maximum absolute atomic E-state index is 5.53. The van der Waals surface area contributed by atoms with E-state index in [2.05, 4.69) is 172 Å². The fourth-order valence-electron chi connectivity index (χ4n) is 7.56. The molecule has 0 atom stereocenters. The summed E-state index contributed by atoms with van der Waals surface area (Å²) in [4.78, 5) is 15.0. The van der Waals surface area contributed by atoms with Crippen LogP contribution in [-0.2, 0) is 0 Å². The highest BCUT2D eigenvalue weighted by atomic mass is 15.1. The molecule has 0 fully saturated rings. The third-order valence-corrected chi connectivity index (χ3v) is 9.87. The Morgan fingerprint density at radius 2 is 1.04 bits per heavy atom. The molecule has 0 aliphatic heterocycles. The number of hydrogen-bond acceptors (Lipinski definition) is 3. The van der Waals surface area contributed by atoms with Gasteiger partial charge in [-0.2, -0.15) is 0 Å². The van der Waals surface area contributed by atoms with Crippen LogP contribution in [0, 0.1) is 0 Å². The summed E-state index contributed by atoms with van der Waals surface area (Å²) in [6.45, 7) is 0. The number of fused-ring (bicyclic) bond motifs is 4. The lowest BCUT2D eigenvalue weighted by molar-refractivity contribution is 1.07. The Labute approximate surface area is 300 Å². The maximum atomic E-state index is 5.53. The van der Waals surface area contributed by atoms with Gasteiger partial charge in [-0.15, -0.1) is 0 Å². The third-order valence-electron chi connectivity index (χ3n) is 9.87. The van der Waals surface area contributed by atoms with Crippen molar-refractivity contribution in [1.29, 1.82) is 0 Å². The van der Waals surface area contributed by atoms with Gasteiger partial charge in [-0.1, -0.05) is 115 Å². The van der Waals surface area contributed by atoms with Gasteiger partial charge in [0.25, 0.3) is 0 Å². The van der Waals surface area contributed by atoms with Gasteiger partial charge in [0.2, 0.25) is 0 Å². The number of benzene rings is 6. The van der Waals surface area contributed by atoms with Crippen LogP contribution in [0.2, 0.25) is 0 Å². The van der Waals surface area contributed by atoms with Crippen molar-refractivity contribution < 1.29 is 0 Å². The fraction of sp³-hybridized carbons (Fsp3) is 0. The van der Waals surface area contributed by atoms with Gasteiger partial charge in [0, 0.05) is 57.4 Å². The van der Waals surface area contributed by atoms with E-state index in [0.717, 1.165) is 78.3 Å². The Morgan fingerprint density at radius 1 is 0.404 bits per heavy atom. The van der Waals surface area contributed by atoms with E-state index in [4.69, 9.17) is 9.97 Å². The highest BCUT2D eigenvalue weighted by Gasteiger charge is 2.22. The lowest BCUT2D eigenvalue weighted by Gasteiger charge is -2.15. The van der Waals surface area contributed by atoms with E-state index < -0.39 is 0 Å². The second-order valence-corrected chi connectivity index (χ2v) is 12.9. The molecule has 0 saturated heterocycles. The van der Waals surface area contributed by atoms with Gasteiger partial charge in [0.05, 0.1) is 11.0 Å². The molecule has 0 aliphatic rings. The molecule has 6 aromatic carbocycles. The first-order valence-electron chi connectivity index (χ1n) is 17.4. The summed E-state index contributed by atoms with van der Waals surface area (Å²) in [6, 6.07) is 59.7. The monoisotopic (exact) mass is 665 g/mol. The van der Waals surface area contributed by atoms with Crippen LogP contribution in [0.25, 0.3) is 89.1 Å². The topological polar surface area (TPSA) is 48.5 Å². The van der Waals surface area contributed by atoms with Crippen LogP contribution in [0.3, 0.4) is 0 Å². The minimum absolute atomic E-state index is 0.798. The Balaban J connectivity index is 1.28. The molecule has 10 rings (SSSR count). The average molecular weight is 666 g/mol.